The molecule has 1 aliphatic heterocycles. The Morgan fingerprint density at radius 3 is 2.93 bits per heavy atom. The molecule has 0 aromatic heterocycles. The predicted octanol–water partition coefficient (Wildman–Crippen LogP) is 0.962. The number of carboxylic acid groups (broad SMARTS) is 1. The second-order valence-electron chi connectivity index (χ2n) is 3.89. The smallest absolute Gasteiger partial charge is 0.304 e. The Labute approximate surface area is 84.8 Å². The summed E-state index contributed by atoms with van der Waals surface area (Å²) in [5.74, 6) is -0.735. The summed E-state index contributed by atoms with van der Waals surface area (Å²) in [6.45, 7) is 2.32. The Balaban J connectivity index is 2.11. The molecule has 1 N–H and O–H groups in total. The van der Waals surface area contributed by atoms with E-state index in [4.69, 9.17) is 9.84 Å². The molecule has 0 bridgehead atoms. The number of ether oxygens (including phenoxy) is 1. The molecule has 1 aliphatic rings. The normalized spacial score (nSPS) is 22.6. The van der Waals surface area contributed by atoms with Crippen molar-refractivity contribution in [3.63, 3.8) is 0 Å². The molecule has 1 unspecified atom stereocenters. The van der Waals surface area contributed by atoms with Crippen LogP contribution in [0.4, 0.5) is 0 Å². The zero-order valence-electron chi connectivity index (χ0n) is 8.74. The molecule has 0 spiro atoms. The quantitative estimate of drug-likeness (QED) is 0.720. The van der Waals surface area contributed by atoms with Gasteiger partial charge in [0.1, 0.15) is 0 Å². The summed E-state index contributed by atoms with van der Waals surface area (Å²) >= 11 is 0. The number of aliphatic carboxylic acids is 1. The van der Waals surface area contributed by atoms with E-state index in [0.29, 0.717) is 12.6 Å². The summed E-state index contributed by atoms with van der Waals surface area (Å²) in [4.78, 5) is 12.4. The first-order chi connectivity index (χ1) is 6.68. The molecule has 0 saturated carbocycles. The third kappa shape index (κ3) is 4.58. The third-order valence-corrected chi connectivity index (χ3v) is 2.50. The van der Waals surface area contributed by atoms with Gasteiger partial charge in [0.05, 0.1) is 12.5 Å². The molecule has 0 aromatic rings. The highest BCUT2D eigenvalue weighted by atomic mass is 16.5. The van der Waals surface area contributed by atoms with Crippen LogP contribution >= 0.6 is 0 Å². The maximum atomic E-state index is 10.3. The topological polar surface area (TPSA) is 49.8 Å². The van der Waals surface area contributed by atoms with Gasteiger partial charge in [-0.15, -0.1) is 0 Å². The lowest BCUT2D eigenvalue weighted by Gasteiger charge is -2.27. The summed E-state index contributed by atoms with van der Waals surface area (Å²) < 4.78 is 5.57. The van der Waals surface area contributed by atoms with Crippen molar-refractivity contribution in [3.8, 4) is 0 Å². The van der Waals surface area contributed by atoms with E-state index in [9.17, 15) is 4.79 Å². The molecule has 1 heterocycles. The SMILES string of the molecule is CN(CCC(=O)O)CC1CCCCO1. The van der Waals surface area contributed by atoms with Crippen molar-refractivity contribution in [2.45, 2.75) is 31.8 Å². The fourth-order valence-corrected chi connectivity index (χ4v) is 1.68. The van der Waals surface area contributed by atoms with E-state index in [1.807, 2.05) is 11.9 Å². The molecular formula is C10H19NO3. The summed E-state index contributed by atoms with van der Waals surface area (Å²) in [5, 5.41) is 8.51. The molecule has 14 heavy (non-hydrogen) atoms. The van der Waals surface area contributed by atoms with Crippen LogP contribution in [0, 0.1) is 0 Å². The van der Waals surface area contributed by atoms with Gasteiger partial charge in [0.15, 0.2) is 0 Å². The first-order valence-electron chi connectivity index (χ1n) is 5.20. The van der Waals surface area contributed by atoms with Crippen molar-refractivity contribution < 1.29 is 14.6 Å². The number of rotatable bonds is 5. The Morgan fingerprint density at radius 2 is 2.36 bits per heavy atom. The van der Waals surface area contributed by atoms with E-state index in [0.717, 1.165) is 26.0 Å². The van der Waals surface area contributed by atoms with Gasteiger partial charge in [-0.3, -0.25) is 4.79 Å². The first kappa shape index (κ1) is 11.5. The molecular weight excluding hydrogens is 182 g/mol. The third-order valence-electron chi connectivity index (χ3n) is 2.50. The Kier molecular flexibility index (Phi) is 4.90. The van der Waals surface area contributed by atoms with Crippen molar-refractivity contribution in [2.24, 2.45) is 0 Å². The van der Waals surface area contributed by atoms with Gasteiger partial charge in [-0.1, -0.05) is 0 Å². The van der Waals surface area contributed by atoms with E-state index in [1.165, 1.54) is 6.42 Å². The lowest BCUT2D eigenvalue weighted by Crippen LogP contribution is -2.34. The number of hydrogen-bond acceptors (Lipinski definition) is 3. The van der Waals surface area contributed by atoms with Gasteiger partial charge < -0.3 is 14.7 Å². The molecule has 82 valence electrons. The second-order valence-corrected chi connectivity index (χ2v) is 3.89. The Hall–Kier alpha value is -0.610. The van der Waals surface area contributed by atoms with Crippen LogP contribution in [0.2, 0.25) is 0 Å². The average molecular weight is 201 g/mol. The van der Waals surface area contributed by atoms with Gasteiger partial charge in [0.2, 0.25) is 0 Å². The van der Waals surface area contributed by atoms with Crippen molar-refractivity contribution in [1.29, 1.82) is 0 Å². The molecule has 0 radical (unpaired) electrons. The van der Waals surface area contributed by atoms with Crippen molar-refractivity contribution in [1.82, 2.24) is 4.90 Å². The lowest BCUT2D eigenvalue weighted by atomic mass is 10.1. The summed E-state index contributed by atoms with van der Waals surface area (Å²) in [6, 6.07) is 0. The van der Waals surface area contributed by atoms with Crippen LogP contribution in [-0.2, 0) is 9.53 Å². The van der Waals surface area contributed by atoms with Crippen LogP contribution in [0.5, 0.6) is 0 Å². The molecule has 4 heteroatoms. The van der Waals surface area contributed by atoms with Crippen LogP contribution in [0.15, 0.2) is 0 Å². The number of likely N-dealkylation sites (N-methyl/N-ethyl adjacent to an activating group) is 1. The van der Waals surface area contributed by atoms with Gasteiger partial charge >= 0.3 is 5.97 Å². The highest BCUT2D eigenvalue weighted by molar-refractivity contribution is 5.66. The number of carbonyl (C=O) groups is 1. The molecule has 1 atom stereocenters. The monoisotopic (exact) mass is 201 g/mol. The maximum absolute atomic E-state index is 10.3. The van der Waals surface area contributed by atoms with Gasteiger partial charge in [-0.2, -0.15) is 0 Å². The summed E-state index contributed by atoms with van der Waals surface area (Å²) in [7, 11) is 1.95. The zero-order valence-corrected chi connectivity index (χ0v) is 8.74. The Bertz CT molecular complexity index is 178. The second kappa shape index (κ2) is 5.98. The predicted molar refractivity (Wildman–Crippen MR) is 53.3 cm³/mol. The fourth-order valence-electron chi connectivity index (χ4n) is 1.68. The average Bonchev–Trinajstić information content (AvgIpc) is 2.16. The van der Waals surface area contributed by atoms with Gasteiger partial charge in [0.25, 0.3) is 0 Å². The minimum absolute atomic E-state index is 0.212. The van der Waals surface area contributed by atoms with Gasteiger partial charge in [-0.05, 0) is 26.3 Å². The molecule has 4 nitrogen and oxygen atoms in total. The largest absolute Gasteiger partial charge is 0.481 e. The Morgan fingerprint density at radius 1 is 1.57 bits per heavy atom. The van der Waals surface area contributed by atoms with Crippen molar-refractivity contribution in [3.05, 3.63) is 0 Å². The van der Waals surface area contributed by atoms with E-state index in [2.05, 4.69) is 0 Å². The fraction of sp³-hybridized carbons (Fsp3) is 0.900. The number of carboxylic acids is 1. The lowest BCUT2D eigenvalue weighted by molar-refractivity contribution is -0.137. The molecule has 1 saturated heterocycles. The number of hydrogen-bond donors (Lipinski definition) is 1. The molecule has 1 fully saturated rings. The van der Waals surface area contributed by atoms with E-state index in [-0.39, 0.29) is 6.42 Å². The van der Waals surface area contributed by atoms with Gasteiger partial charge in [-0.25, -0.2) is 0 Å². The van der Waals surface area contributed by atoms with Crippen LogP contribution in [0.25, 0.3) is 0 Å². The molecule has 0 aromatic carbocycles. The van der Waals surface area contributed by atoms with E-state index >= 15 is 0 Å². The molecule has 1 rings (SSSR count). The highest BCUT2D eigenvalue weighted by Crippen LogP contribution is 2.13. The first-order valence-corrected chi connectivity index (χ1v) is 5.20. The zero-order chi connectivity index (χ0) is 10.4. The minimum Gasteiger partial charge on any atom is -0.481 e. The van der Waals surface area contributed by atoms with Crippen LogP contribution in [0.1, 0.15) is 25.7 Å². The van der Waals surface area contributed by atoms with Crippen LogP contribution < -0.4 is 0 Å². The summed E-state index contributed by atoms with van der Waals surface area (Å²) in [6.07, 6.45) is 4.02. The molecule has 0 aliphatic carbocycles. The van der Waals surface area contributed by atoms with Crippen molar-refractivity contribution in [2.75, 3.05) is 26.7 Å². The summed E-state index contributed by atoms with van der Waals surface area (Å²) in [5.41, 5.74) is 0. The van der Waals surface area contributed by atoms with Crippen molar-refractivity contribution >= 4 is 5.97 Å². The van der Waals surface area contributed by atoms with E-state index in [1.54, 1.807) is 0 Å². The van der Waals surface area contributed by atoms with Crippen LogP contribution in [0.3, 0.4) is 0 Å². The highest BCUT2D eigenvalue weighted by Gasteiger charge is 2.15. The van der Waals surface area contributed by atoms with E-state index < -0.39 is 5.97 Å². The number of nitrogens with zero attached hydrogens (tertiary/aromatic N) is 1. The minimum atomic E-state index is -0.735. The standard InChI is InChI=1S/C10H19NO3/c1-11(6-5-10(12)13)8-9-4-2-3-7-14-9/h9H,2-8H2,1H3,(H,12,13). The maximum Gasteiger partial charge on any atom is 0.304 e. The molecule has 0 amide bonds. The van der Waals surface area contributed by atoms with Crippen LogP contribution in [-0.4, -0.2) is 48.8 Å². The van der Waals surface area contributed by atoms with Gasteiger partial charge in [0, 0.05) is 19.7 Å².